The molecule has 9 aromatic carbocycles. The van der Waals surface area contributed by atoms with E-state index < -0.39 is 0 Å². The predicted molar refractivity (Wildman–Crippen MR) is 258 cm³/mol. The molecular weight excluding hydrogens is 771 g/mol. The number of fused-ring (bicyclic) bond motifs is 6. The van der Waals surface area contributed by atoms with Gasteiger partial charge in [0, 0.05) is 61.0 Å². The second kappa shape index (κ2) is 15.1. The molecule has 63 heavy (non-hydrogen) atoms. The van der Waals surface area contributed by atoms with Gasteiger partial charge in [-0.2, -0.15) is 0 Å². The van der Waals surface area contributed by atoms with Crippen LogP contribution in [0.2, 0.25) is 0 Å². The molecule has 6 heteroatoms. The summed E-state index contributed by atoms with van der Waals surface area (Å²) < 4.78 is 8.94. The zero-order chi connectivity index (χ0) is 41.7. The van der Waals surface area contributed by atoms with Crippen LogP contribution in [0.15, 0.2) is 229 Å². The normalized spacial score (nSPS) is 11.5. The molecule has 0 N–H and O–H groups in total. The van der Waals surface area contributed by atoms with E-state index in [2.05, 4.69) is 161 Å². The van der Waals surface area contributed by atoms with E-state index in [9.17, 15) is 0 Å². The minimum atomic E-state index is 0.588. The van der Waals surface area contributed by atoms with E-state index in [0.29, 0.717) is 17.5 Å². The van der Waals surface area contributed by atoms with E-state index >= 15 is 0 Å². The fraction of sp³-hybridized carbons (Fsp3) is 0. The Balaban J connectivity index is 0.906. The molecule has 3 heterocycles. The first-order valence-electron chi connectivity index (χ1n) is 21.1. The Hall–Kier alpha value is -8.61. The van der Waals surface area contributed by atoms with Crippen molar-refractivity contribution in [1.29, 1.82) is 0 Å². The van der Waals surface area contributed by atoms with Crippen molar-refractivity contribution >= 4 is 60.8 Å². The first-order chi connectivity index (χ1) is 31.2. The van der Waals surface area contributed by atoms with Crippen LogP contribution in [0.1, 0.15) is 0 Å². The van der Waals surface area contributed by atoms with Crippen LogP contribution in [0.25, 0.3) is 94.7 Å². The molecule has 0 unspecified atom stereocenters. The van der Waals surface area contributed by atoms with E-state index in [4.69, 9.17) is 19.4 Å². The van der Waals surface area contributed by atoms with Crippen LogP contribution in [0.3, 0.4) is 0 Å². The van der Waals surface area contributed by atoms with Crippen LogP contribution in [0.5, 0.6) is 0 Å². The predicted octanol–water partition coefficient (Wildman–Crippen LogP) is 15.0. The van der Waals surface area contributed by atoms with Crippen LogP contribution >= 0.6 is 0 Å². The van der Waals surface area contributed by atoms with Crippen molar-refractivity contribution < 1.29 is 4.42 Å². The number of nitrogens with zero attached hydrogens (tertiary/aromatic N) is 5. The Labute approximate surface area is 363 Å². The van der Waals surface area contributed by atoms with Crippen LogP contribution in [0, 0.1) is 0 Å². The van der Waals surface area contributed by atoms with Crippen molar-refractivity contribution in [3.63, 3.8) is 0 Å². The lowest BCUT2D eigenvalue weighted by atomic mass is 9.98. The summed E-state index contributed by atoms with van der Waals surface area (Å²) in [5.41, 5.74) is 13.2. The van der Waals surface area contributed by atoms with Crippen LogP contribution in [-0.4, -0.2) is 19.5 Å². The zero-order valence-corrected chi connectivity index (χ0v) is 34.0. The molecule has 0 aliphatic rings. The Bertz CT molecular complexity index is 3490. The van der Waals surface area contributed by atoms with E-state index in [0.717, 1.165) is 72.5 Å². The fourth-order valence-electron chi connectivity index (χ4n) is 8.91. The molecule has 0 spiro atoms. The lowest BCUT2D eigenvalue weighted by Gasteiger charge is -2.26. The highest BCUT2D eigenvalue weighted by atomic mass is 16.3. The van der Waals surface area contributed by atoms with Gasteiger partial charge in [-0.25, -0.2) is 15.0 Å². The maximum absolute atomic E-state index is 6.59. The first kappa shape index (κ1) is 36.3. The maximum atomic E-state index is 6.59. The number of rotatable bonds is 8. The molecule has 12 aromatic rings. The highest BCUT2D eigenvalue weighted by Crippen LogP contribution is 2.41. The Morgan fingerprint density at radius 1 is 0.349 bits per heavy atom. The summed E-state index contributed by atoms with van der Waals surface area (Å²) in [6.07, 6.45) is 0. The summed E-state index contributed by atoms with van der Waals surface area (Å²) in [7, 11) is 0. The summed E-state index contributed by atoms with van der Waals surface area (Å²) in [6.45, 7) is 0. The zero-order valence-electron chi connectivity index (χ0n) is 34.0. The number of para-hydroxylation sites is 3. The average Bonchev–Trinajstić information content (AvgIpc) is 3.91. The van der Waals surface area contributed by atoms with Gasteiger partial charge in [-0.1, -0.05) is 146 Å². The molecular formula is C57H37N5O. The van der Waals surface area contributed by atoms with Gasteiger partial charge in [0.25, 0.3) is 0 Å². The third-order valence-corrected chi connectivity index (χ3v) is 11.9. The SMILES string of the molecule is c1ccc(-c2nc(-c3ccccc3)nc(-c3ccc4c(c3)oc3cccc(-c5ccc(N(c6ccccc6)c6ccc(-n7c8ccccc8c8ccccc87)cc6)cc5)c34)n2)cc1. The van der Waals surface area contributed by atoms with E-state index in [-0.39, 0.29) is 0 Å². The van der Waals surface area contributed by atoms with Gasteiger partial charge in [-0.3, -0.25) is 0 Å². The van der Waals surface area contributed by atoms with Gasteiger partial charge in [-0.15, -0.1) is 0 Å². The number of aromatic nitrogens is 4. The molecule has 0 atom stereocenters. The molecule has 0 radical (unpaired) electrons. The van der Waals surface area contributed by atoms with E-state index in [1.807, 2.05) is 72.8 Å². The second-order valence-electron chi connectivity index (χ2n) is 15.6. The van der Waals surface area contributed by atoms with Gasteiger partial charge < -0.3 is 13.9 Å². The fourth-order valence-corrected chi connectivity index (χ4v) is 8.91. The number of benzene rings is 9. The highest BCUT2D eigenvalue weighted by molar-refractivity contribution is 6.13. The number of hydrogen-bond donors (Lipinski definition) is 0. The van der Waals surface area contributed by atoms with Crippen LogP contribution < -0.4 is 4.90 Å². The van der Waals surface area contributed by atoms with Gasteiger partial charge in [0.05, 0.1) is 11.0 Å². The van der Waals surface area contributed by atoms with Gasteiger partial charge >= 0.3 is 0 Å². The van der Waals surface area contributed by atoms with Crippen molar-refractivity contribution in [3.8, 4) is 51.0 Å². The summed E-state index contributed by atoms with van der Waals surface area (Å²) in [6, 6.07) is 78.1. The topological polar surface area (TPSA) is 60.0 Å². The monoisotopic (exact) mass is 807 g/mol. The molecule has 0 saturated heterocycles. The molecule has 6 nitrogen and oxygen atoms in total. The smallest absolute Gasteiger partial charge is 0.164 e. The lowest BCUT2D eigenvalue weighted by molar-refractivity contribution is 0.669. The minimum Gasteiger partial charge on any atom is -0.456 e. The Morgan fingerprint density at radius 3 is 1.44 bits per heavy atom. The van der Waals surface area contributed by atoms with E-state index in [1.54, 1.807) is 0 Å². The standard InChI is InChI=1S/C57H37N5O/c1-4-15-39(16-5-1)55-58-56(40-17-6-2-7-18-40)60-57(59-55)41-29-36-49-53(37-41)63-52-26-14-23-46(54(49)52)38-27-30-43(31-28-38)61(42-19-8-3-9-20-42)44-32-34-45(35-33-44)62-50-24-12-10-21-47(50)48-22-11-13-25-51(48)62/h1-37H. The van der Waals surface area contributed by atoms with Crippen molar-refractivity contribution in [2.24, 2.45) is 0 Å². The molecule has 3 aromatic heterocycles. The van der Waals surface area contributed by atoms with Crippen LogP contribution in [-0.2, 0) is 0 Å². The summed E-state index contributed by atoms with van der Waals surface area (Å²) in [5, 5.41) is 4.60. The Morgan fingerprint density at radius 2 is 0.841 bits per heavy atom. The Kier molecular flexibility index (Phi) is 8.71. The van der Waals surface area contributed by atoms with Crippen molar-refractivity contribution in [2.75, 3.05) is 4.90 Å². The third kappa shape index (κ3) is 6.40. The van der Waals surface area contributed by atoms with Crippen molar-refractivity contribution in [3.05, 3.63) is 224 Å². The van der Waals surface area contributed by atoms with Crippen molar-refractivity contribution in [2.45, 2.75) is 0 Å². The summed E-state index contributed by atoms with van der Waals surface area (Å²) in [5.74, 6) is 1.83. The minimum absolute atomic E-state index is 0.588. The van der Waals surface area contributed by atoms with Crippen molar-refractivity contribution in [1.82, 2.24) is 19.5 Å². The molecule has 0 aliphatic carbocycles. The molecule has 0 bridgehead atoms. The molecule has 0 fully saturated rings. The molecule has 0 amide bonds. The maximum Gasteiger partial charge on any atom is 0.164 e. The highest BCUT2D eigenvalue weighted by Gasteiger charge is 2.19. The largest absolute Gasteiger partial charge is 0.456 e. The third-order valence-electron chi connectivity index (χ3n) is 11.9. The van der Waals surface area contributed by atoms with Gasteiger partial charge in [-0.05, 0) is 90.0 Å². The van der Waals surface area contributed by atoms with Gasteiger partial charge in [0.2, 0.25) is 0 Å². The van der Waals surface area contributed by atoms with Gasteiger partial charge in [0.15, 0.2) is 17.5 Å². The number of anilines is 3. The summed E-state index contributed by atoms with van der Waals surface area (Å²) in [4.78, 5) is 17.1. The van der Waals surface area contributed by atoms with Crippen LogP contribution in [0.4, 0.5) is 17.1 Å². The quantitative estimate of drug-likeness (QED) is 0.153. The molecule has 0 aliphatic heterocycles. The molecule has 296 valence electrons. The second-order valence-corrected chi connectivity index (χ2v) is 15.6. The first-order valence-corrected chi connectivity index (χ1v) is 21.1. The average molecular weight is 808 g/mol. The lowest BCUT2D eigenvalue weighted by Crippen LogP contribution is -2.10. The number of hydrogen-bond acceptors (Lipinski definition) is 5. The molecule has 0 saturated carbocycles. The van der Waals surface area contributed by atoms with E-state index in [1.165, 1.54) is 21.8 Å². The summed E-state index contributed by atoms with van der Waals surface area (Å²) >= 11 is 0. The van der Waals surface area contributed by atoms with Gasteiger partial charge in [0.1, 0.15) is 11.2 Å². The number of furan rings is 1. The molecule has 12 rings (SSSR count).